The zero-order valence-corrected chi connectivity index (χ0v) is 21.2. The van der Waals surface area contributed by atoms with Crippen molar-refractivity contribution in [1.29, 1.82) is 5.41 Å². The van der Waals surface area contributed by atoms with Crippen LogP contribution in [0, 0.1) is 5.41 Å². The van der Waals surface area contributed by atoms with E-state index < -0.39 is 45.5 Å². The number of amides is 2. The number of nitrogen functional groups attached to an aromatic ring is 1. The lowest BCUT2D eigenvalue weighted by Crippen LogP contribution is -2.73. The molecule has 0 unspecified atom stereocenters. The SMILES string of the molecule is C=C(O)C(C)(C)O/N=C(\C(=O)N[C@@H]1C(=O)N(S(=O)(=O)O)[C@@H]1Cn1ncc(CNC=N)n1)c1csc(N)n1. The molecule has 2 atom stereocenters. The summed E-state index contributed by atoms with van der Waals surface area (Å²) in [7, 11) is -4.97. The minimum atomic E-state index is -4.97. The summed E-state index contributed by atoms with van der Waals surface area (Å²) in [6, 6.07) is -2.72. The minimum Gasteiger partial charge on any atom is -0.509 e. The third kappa shape index (κ3) is 6.19. The van der Waals surface area contributed by atoms with Gasteiger partial charge in [-0.25, -0.2) is 9.29 Å². The number of aliphatic hydroxyl groups excluding tert-OH is 1. The van der Waals surface area contributed by atoms with Gasteiger partial charge in [-0.2, -0.15) is 23.4 Å². The Morgan fingerprint density at radius 1 is 1.49 bits per heavy atom. The molecule has 1 fully saturated rings. The van der Waals surface area contributed by atoms with Crippen molar-refractivity contribution in [1.82, 2.24) is 34.9 Å². The van der Waals surface area contributed by atoms with Gasteiger partial charge in [0, 0.05) is 5.38 Å². The normalized spacial score (nSPS) is 18.2. The molecular weight excluding hydrogens is 532 g/mol. The number of aromatic nitrogens is 4. The number of anilines is 1. The standard InChI is InChI=1S/C18H24N10O7S2/c1-9(29)18(2,3)35-26-13(11-7-36-17(20)23-11)15(30)24-14-12(28(16(14)31)37(32,33)34)6-27-22-5-10(25-27)4-21-8-19/h5,7-8,12,14,29H,1,4,6H2,2-3H3,(H2,19,21)(H2,20,23)(H,24,30)(H,32,33,34)/b26-13-/t12-,14+/m1/s1. The molecule has 19 heteroatoms. The summed E-state index contributed by atoms with van der Waals surface area (Å²) in [5.41, 5.74) is 4.24. The van der Waals surface area contributed by atoms with Crippen molar-refractivity contribution in [2.75, 3.05) is 5.73 Å². The van der Waals surface area contributed by atoms with Crippen LogP contribution in [0.3, 0.4) is 0 Å². The van der Waals surface area contributed by atoms with Crippen LogP contribution in [0.15, 0.2) is 29.1 Å². The van der Waals surface area contributed by atoms with Gasteiger partial charge in [0.2, 0.25) is 0 Å². The first-order chi connectivity index (χ1) is 17.2. The summed E-state index contributed by atoms with van der Waals surface area (Å²) in [5, 5.41) is 35.0. The average molecular weight is 557 g/mol. The second kappa shape index (κ2) is 10.5. The van der Waals surface area contributed by atoms with E-state index in [2.05, 4.69) is 37.5 Å². The molecule has 0 aromatic carbocycles. The molecule has 1 aliphatic heterocycles. The van der Waals surface area contributed by atoms with E-state index in [1.54, 1.807) is 0 Å². The smallest absolute Gasteiger partial charge is 0.362 e. The van der Waals surface area contributed by atoms with Crippen molar-refractivity contribution in [3.8, 4) is 0 Å². The number of aliphatic hydroxyl groups is 1. The van der Waals surface area contributed by atoms with Gasteiger partial charge in [0.1, 0.15) is 29.2 Å². The molecule has 7 N–H and O–H groups in total. The van der Waals surface area contributed by atoms with Crippen LogP contribution in [-0.4, -0.2) is 83.9 Å². The summed E-state index contributed by atoms with van der Waals surface area (Å²) in [4.78, 5) is 36.0. The second-order valence-electron chi connectivity index (χ2n) is 8.11. The van der Waals surface area contributed by atoms with Gasteiger partial charge in [-0.05, 0) is 13.8 Å². The minimum absolute atomic E-state index is 0.00797. The Kier molecular flexibility index (Phi) is 7.79. The number of hydrogen-bond acceptors (Lipinski definition) is 13. The quantitative estimate of drug-likeness (QED) is 0.0449. The lowest BCUT2D eigenvalue weighted by atomic mass is 9.98. The van der Waals surface area contributed by atoms with Gasteiger partial charge in [0.25, 0.3) is 11.8 Å². The molecule has 1 aliphatic rings. The summed E-state index contributed by atoms with van der Waals surface area (Å²) < 4.78 is 33.3. The van der Waals surface area contributed by atoms with Crippen molar-refractivity contribution in [3.63, 3.8) is 0 Å². The number of nitrogens with zero attached hydrogens (tertiary/aromatic N) is 6. The third-order valence-electron chi connectivity index (χ3n) is 5.06. The van der Waals surface area contributed by atoms with Gasteiger partial charge in [0.05, 0.1) is 25.6 Å². The van der Waals surface area contributed by atoms with Gasteiger partial charge in [-0.15, -0.1) is 11.3 Å². The zero-order chi connectivity index (χ0) is 27.5. The predicted molar refractivity (Wildman–Crippen MR) is 130 cm³/mol. The van der Waals surface area contributed by atoms with Crippen LogP contribution in [0.25, 0.3) is 0 Å². The van der Waals surface area contributed by atoms with E-state index in [0.717, 1.165) is 22.5 Å². The highest BCUT2D eigenvalue weighted by molar-refractivity contribution is 7.84. The van der Waals surface area contributed by atoms with E-state index in [4.69, 9.17) is 16.0 Å². The number of carbonyl (C=O) groups is 2. The maximum atomic E-state index is 13.1. The van der Waals surface area contributed by atoms with E-state index in [1.165, 1.54) is 25.4 Å². The lowest BCUT2D eigenvalue weighted by Gasteiger charge is -2.43. The van der Waals surface area contributed by atoms with Gasteiger partial charge >= 0.3 is 10.3 Å². The number of oxime groups is 1. The summed E-state index contributed by atoms with van der Waals surface area (Å²) in [5.74, 6) is -2.47. The number of β-lactam (4-membered cyclic amide) rings is 1. The zero-order valence-electron chi connectivity index (χ0n) is 19.5. The Balaban J connectivity index is 1.86. The number of rotatable bonds is 12. The Labute approximate surface area is 214 Å². The van der Waals surface area contributed by atoms with Crippen LogP contribution in [0.4, 0.5) is 5.13 Å². The van der Waals surface area contributed by atoms with Crippen molar-refractivity contribution >= 4 is 50.6 Å². The Hall–Kier alpha value is -4.10. The Morgan fingerprint density at radius 2 is 2.19 bits per heavy atom. The molecule has 37 heavy (non-hydrogen) atoms. The van der Waals surface area contributed by atoms with E-state index >= 15 is 0 Å². The molecule has 0 radical (unpaired) electrons. The van der Waals surface area contributed by atoms with Crippen molar-refractivity contribution in [2.24, 2.45) is 5.16 Å². The van der Waals surface area contributed by atoms with Crippen LogP contribution in [0.1, 0.15) is 25.2 Å². The largest absolute Gasteiger partial charge is 0.509 e. The van der Waals surface area contributed by atoms with Gasteiger partial charge in [-0.3, -0.25) is 19.6 Å². The fraction of sp³-hybridized carbons (Fsp3) is 0.389. The van der Waals surface area contributed by atoms with Crippen LogP contribution < -0.4 is 16.4 Å². The molecule has 2 aromatic heterocycles. The predicted octanol–water partition coefficient (Wildman–Crippen LogP) is -1.22. The molecule has 0 spiro atoms. The van der Waals surface area contributed by atoms with Crippen molar-refractivity contribution in [3.05, 3.63) is 35.3 Å². The van der Waals surface area contributed by atoms with Crippen LogP contribution in [0.5, 0.6) is 0 Å². The Bertz CT molecular complexity index is 1350. The van der Waals surface area contributed by atoms with Crippen LogP contribution in [0.2, 0.25) is 0 Å². The number of hydrogen-bond donors (Lipinski definition) is 6. The first kappa shape index (κ1) is 27.5. The molecule has 3 rings (SSSR count). The lowest BCUT2D eigenvalue weighted by molar-refractivity contribution is -0.145. The highest BCUT2D eigenvalue weighted by Crippen LogP contribution is 2.25. The van der Waals surface area contributed by atoms with E-state index in [0.29, 0.717) is 5.69 Å². The highest BCUT2D eigenvalue weighted by atomic mass is 32.2. The number of thiazole rings is 1. The van der Waals surface area contributed by atoms with Crippen LogP contribution >= 0.6 is 11.3 Å². The maximum absolute atomic E-state index is 13.1. The molecule has 200 valence electrons. The van der Waals surface area contributed by atoms with Gasteiger partial charge < -0.3 is 26.3 Å². The van der Waals surface area contributed by atoms with Gasteiger partial charge in [-0.1, -0.05) is 11.7 Å². The third-order valence-corrected chi connectivity index (χ3v) is 6.69. The molecule has 3 heterocycles. The number of carbonyl (C=O) groups excluding carboxylic acids is 2. The highest BCUT2D eigenvalue weighted by Gasteiger charge is 2.54. The van der Waals surface area contributed by atoms with Crippen molar-refractivity contribution < 1.29 is 32.5 Å². The van der Waals surface area contributed by atoms with E-state index in [9.17, 15) is 27.7 Å². The fourth-order valence-electron chi connectivity index (χ4n) is 2.99. The van der Waals surface area contributed by atoms with Crippen molar-refractivity contribution in [2.45, 2.75) is 44.6 Å². The van der Waals surface area contributed by atoms with Crippen LogP contribution in [-0.2, 0) is 37.8 Å². The molecule has 17 nitrogen and oxygen atoms in total. The molecule has 2 amide bonds. The fourth-order valence-corrected chi connectivity index (χ4v) is 4.41. The summed E-state index contributed by atoms with van der Waals surface area (Å²) >= 11 is 1.000. The topological polar surface area (TPSA) is 251 Å². The first-order valence-electron chi connectivity index (χ1n) is 10.3. The number of nitrogens with one attached hydrogen (secondary N) is 3. The second-order valence-corrected chi connectivity index (χ2v) is 10.3. The van der Waals surface area contributed by atoms with E-state index in [-0.39, 0.29) is 34.0 Å². The van der Waals surface area contributed by atoms with Gasteiger partial charge in [0.15, 0.2) is 16.4 Å². The first-order valence-corrected chi connectivity index (χ1v) is 12.6. The molecule has 1 saturated heterocycles. The summed E-state index contributed by atoms with van der Waals surface area (Å²) in [6.45, 7) is 6.09. The molecular formula is C18H24N10O7S2. The summed E-state index contributed by atoms with van der Waals surface area (Å²) in [6.07, 6.45) is 2.31. The number of nitrogens with two attached hydrogens (primary N) is 1. The van der Waals surface area contributed by atoms with E-state index in [1.807, 2.05) is 0 Å². The monoisotopic (exact) mass is 556 g/mol. The average Bonchev–Trinajstić information content (AvgIpc) is 3.43. The molecule has 2 aromatic rings. The maximum Gasteiger partial charge on any atom is 0.362 e. The molecule has 0 bridgehead atoms. The molecule has 0 aliphatic carbocycles. The Morgan fingerprint density at radius 3 is 2.76 bits per heavy atom. The molecule has 0 saturated carbocycles.